The van der Waals surface area contributed by atoms with E-state index in [4.69, 9.17) is 13.9 Å². The highest BCUT2D eigenvalue weighted by Gasteiger charge is 2.25. The molecule has 0 fully saturated rings. The summed E-state index contributed by atoms with van der Waals surface area (Å²) in [6.07, 6.45) is 1.22. The molecule has 0 atom stereocenters. The van der Waals surface area contributed by atoms with E-state index in [2.05, 4.69) is 10.1 Å². The Kier molecular flexibility index (Phi) is 5.12. The molecule has 4 aromatic rings. The van der Waals surface area contributed by atoms with Crippen LogP contribution in [0.5, 0.6) is 11.5 Å². The van der Waals surface area contributed by atoms with Gasteiger partial charge in [-0.2, -0.15) is 5.10 Å². The van der Waals surface area contributed by atoms with Gasteiger partial charge in [-0.1, -0.05) is 12.1 Å². The molecule has 4 rings (SSSR count). The molecule has 158 valence electrons. The number of carbonyl (C=O) groups excluding carboxylic acids is 1. The molecule has 2 aromatic carbocycles. The first-order chi connectivity index (χ1) is 14.9. The lowest BCUT2D eigenvalue weighted by Crippen LogP contribution is -2.11. The van der Waals surface area contributed by atoms with Crippen LogP contribution in [0.15, 0.2) is 51.9 Å². The fraction of sp³-hybridized carbons (Fsp3) is 0.143. The van der Waals surface area contributed by atoms with Gasteiger partial charge in [-0.25, -0.2) is 18.9 Å². The van der Waals surface area contributed by atoms with Gasteiger partial charge in [0.05, 0.1) is 7.11 Å². The topological polar surface area (TPSA) is 117 Å². The van der Waals surface area contributed by atoms with Crippen molar-refractivity contribution in [2.24, 2.45) is 7.05 Å². The lowest BCUT2D eigenvalue weighted by Gasteiger charge is -2.12. The van der Waals surface area contributed by atoms with E-state index < -0.39 is 23.0 Å². The zero-order valence-electron chi connectivity index (χ0n) is 16.5. The molecule has 2 heterocycles. The summed E-state index contributed by atoms with van der Waals surface area (Å²) in [6, 6.07) is 8.42. The molecule has 1 N–H and O–H groups in total. The first kappa shape index (κ1) is 20.1. The molecule has 0 saturated heterocycles. The maximum absolute atomic E-state index is 13.1. The van der Waals surface area contributed by atoms with Crippen LogP contribution in [0, 0.1) is 5.82 Å². The standard InChI is InChI=1S/C21H16FN3O6/c1-25-20(23-10-24-25)19-17(27)16(26)15-14(30-9-11-3-5-12(22)6-4-11)8-7-13(18(15)31-19)21(28)29-2/h3-8,10,27H,9H2,1-2H3. The van der Waals surface area contributed by atoms with Crippen molar-refractivity contribution in [3.63, 3.8) is 0 Å². The van der Waals surface area contributed by atoms with E-state index in [9.17, 15) is 19.1 Å². The molecule has 0 unspecified atom stereocenters. The van der Waals surface area contributed by atoms with E-state index in [-0.39, 0.29) is 40.5 Å². The molecule has 0 saturated carbocycles. The van der Waals surface area contributed by atoms with Crippen molar-refractivity contribution in [1.29, 1.82) is 0 Å². The summed E-state index contributed by atoms with van der Waals surface area (Å²) in [5.41, 5.74) is -0.341. The minimum absolute atomic E-state index is 0.0121. The quantitative estimate of drug-likeness (QED) is 0.485. The van der Waals surface area contributed by atoms with E-state index in [0.717, 1.165) is 0 Å². The minimum atomic E-state index is -0.820. The number of ether oxygens (including phenoxy) is 2. The highest BCUT2D eigenvalue weighted by atomic mass is 19.1. The Labute approximate surface area is 174 Å². The molecule has 0 aliphatic rings. The smallest absolute Gasteiger partial charge is 0.341 e. The Hall–Kier alpha value is -4.21. The molecule has 0 bridgehead atoms. The van der Waals surface area contributed by atoms with Crippen LogP contribution < -0.4 is 10.2 Å². The van der Waals surface area contributed by atoms with Crippen molar-refractivity contribution in [2.75, 3.05) is 7.11 Å². The van der Waals surface area contributed by atoms with Gasteiger partial charge in [0.1, 0.15) is 35.5 Å². The van der Waals surface area contributed by atoms with Crippen LogP contribution in [-0.4, -0.2) is 33.0 Å². The molecule has 0 aliphatic heterocycles. The first-order valence-electron chi connectivity index (χ1n) is 9.03. The van der Waals surface area contributed by atoms with E-state index in [1.54, 1.807) is 7.05 Å². The Morgan fingerprint density at radius 3 is 2.61 bits per heavy atom. The number of rotatable bonds is 5. The third kappa shape index (κ3) is 3.59. The summed E-state index contributed by atoms with van der Waals surface area (Å²) in [5.74, 6) is -1.94. The van der Waals surface area contributed by atoms with E-state index in [0.29, 0.717) is 5.56 Å². The first-order valence-corrected chi connectivity index (χ1v) is 9.03. The van der Waals surface area contributed by atoms with Crippen LogP contribution >= 0.6 is 0 Å². The van der Waals surface area contributed by atoms with Crippen LogP contribution in [-0.2, 0) is 18.4 Å². The van der Waals surface area contributed by atoms with Crippen molar-refractivity contribution in [3.8, 4) is 23.1 Å². The average molecular weight is 425 g/mol. The van der Waals surface area contributed by atoms with Crippen LogP contribution in [0.4, 0.5) is 4.39 Å². The largest absolute Gasteiger partial charge is 0.501 e. The summed E-state index contributed by atoms with van der Waals surface area (Å²) in [5, 5.41) is 14.3. The van der Waals surface area contributed by atoms with Crippen molar-refractivity contribution in [3.05, 3.63) is 69.9 Å². The van der Waals surface area contributed by atoms with Gasteiger partial charge in [-0.05, 0) is 29.8 Å². The van der Waals surface area contributed by atoms with E-state index >= 15 is 0 Å². The number of aryl methyl sites for hydroxylation is 1. The van der Waals surface area contributed by atoms with Crippen LogP contribution in [0.3, 0.4) is 0 Å². The van der Waals surface area contributed by atoms with Crippen molar-refractivity contribution in [1.82, 2.24) is 14.8 Å². The number of halogens is 1. The summed E-state index contributed by atoms with van der Waals surface area (Å²) >= 11 is 0. The second-order valence-electron chi connectivity index (χ2n) is 6.54. The molecule has 31 heavy (non-hydrogen) atoms. The molecule has 10 heteroatoms. The fourth-order valence-electron chi connectivity index (χ4n) is 3.04. The van der Waals surface area contributed by atoms with Gasteiger partial charge in [0.25, 0.3) is 0 Å². The van der Waals surface area contributed by atoms with Crippen LogP contribution in [0.1, 0.15) is 15.9 Å². The molecule has 0 spiro atoms. The molecular weight excluding hydrogens is 409 g/mol. The maximum Gasteiger partial charge on any atom is 0.341 e. The Morgan fingerprint density at radius 2 is 1.97 bits per heavy atom. The summed E-state index contributed by atoms with van der Waals surface area (Å²) in [6.45, 7) is 0.0121. The SMILES string of the molecule is COC(=O)c1ccc(OCc2ccc(F)cc2)c2c(=O)c(O)c(-c3ncnn3C)oc12. The lowest BCUT2D eigenvalue weighted by atomic mass is 10.1. The number of benzene rings is 2. The number of esters is 1. The number of aromatic nitrogens is 3. The summed E-state index contributed by atoms with van der Waals surface area (Å²) in [4.78, 5) is 29.3. The summed E-state index contributed by atoms with van der Waals surface area (Å²) in [7, 11) is 2.74. The van der Waals surface area contributed by atoms with Crippen LogP contribution in [0.2, 0.25) is 0 Å². The highest BCUT2D eigenvalue weighted by molar-refractivity contribution is 6.04. The molecule has 9 nitrogen and oxygen atoms in total. The third-order valence-electron chi connectivity index (χ3n) is 4.61. The monoisotopic (exact) mass is 425 g/mol. The lowest BCUT2D eigenvalue weighted by molar-refractivity contribution is 0.0601. The molecule has 0 amide bonds. The normalized spacial score (nSPS) is 10.9. The third-order valence-corrected chi connectivity index (χ3v) is 4.61. The second-order valence-corrected chi connectivity index (χ2v) is 6.54. The van der Waals surface area contributed by atoms with Crippen molar-refractivity contribution >= 4 is 16.9 Å². The number of methoxy groups -OCH3 is 1. The minimum Gasteiger partial charge on any atom is -0.501 e. The number of aromatic hydroxyl groups is 1. The second kappa shape index (κ2) is 7.90. The Morgan fingerprint density at radius 1 is 1.23 bits per heavy atom. The van der Waals surface area contributed by atoms with Gasteiger partial charge >= 0.3 is 5.97 Å². The number of hydrogen-bond donors (Lipinski definition) is 1. The molecule has 0 aliphatic carbocycles. The Bertz CT molecular complexity index is 1340. The van der Waals surface area contributed by atoms with Gasteiger partial charge < -0.3 is 19.0 Å². The van der Waals surface area contributed by atoms with Gasteiger partial charge in [0, 0.05) is 7.05 Å². The molecule has 2 aromatic heterocycles. The average Bonchev–Trinajstić information content (AvgIpc) is 3.20. The maximum atomic E-state index is 13.1. The van der Waals surface area contributed by atoms with Gasteiger partial charge in [-0.3, -0.25) is 4.79 Å². The molecular formula is C21H16FN3O6. The van der Waals surface area contributed by atoms with Gasteiger partial charge in [0.2, 0.25) is 16.9 Å². The predicted molar refractivity (Wildman–Crippen MR) is 106 cm³/mol. The molecule has 0 radical (unpaired) electrons. The zero-order chi connectivity index (χ0) is 22.1. The highest BCUT2D eigenvalue weighted by Crippen LogP contribution is 2.34. The van der Waals surface area contributed by atoms with Crippen LogP contribution in [0.25, 0.3) is 22.6 Å². The van der Waals surface area contributed by atoms with E-state index in [1.165, 1.54) is 54.5 Å². The number of fused-ring (bicyclic) bond motifs is 1. The number of carbonyl (C=O) groups is 1. The van der Waals surface area contributed by atoms with Crippen molar-refractivity contribution in [2.45, 2.75) is 6.61 Å². The fourth-order valence-corrected chi connectivity index (χ4v) is 3.04. The number of nitrogens with zero attached hydrogens (tertiary/aromatic N) is 3. The Balaban J connectivity index is 1.89. The van der Waals surface area contributed by atoms with Gasteiger partial charge in [-0.15, -0.1) is 0 Å². The predicted octanol–water partition coefficient (Wildman–Crippen LogP) is 2.80. The summed E-state index contributed by atoms with van der Waals surface area (Å²) < 4.78 is 30.7. The van der Waals surface area contributed by atoms with Crippen molar-refractivity contribution < 1.29 is 28.2 Å². The zero-order valence-corrected chi connectivity index (χ0v) is 16.5. The van der Waals surface area contributed by atoms with E-state index in [1.807, 2.05) is 0 Å². The van der Waals surface area contributed by atoms with Gasteiger partial charge in [0.15, 0.2) is 11.4 Å². The number of hydrogen-bond acceptors (Lipinski definition) is 8.